The van der Waals surface area contributed by atoms with Gasteiger partial charge in [0, 0.05) is 6.08 Å². The Balaban J connectivity index is 1.93. The Morgan fingerprint density at radius 3 is 2.81 bits per heavy atom. The third-order valence-electron chi connectivity index (χ3n) is 3.45. The van der Waals surface area contributed by atoms with Crippen molar-refractivity contribution in [1.82, 2.24) is 0 Å². The van der Waals surface area contributed by atoms with E-state index in [1.54, 1.807) is 6.92 Å². The van der Waals surface area contributed by atoms with Gasteiger partial charge in [0.15, 0.2) is 0 Å². The summed E-state index contributed by atoms with van der Waals surface area (Å²) in [4.78, 5) is 11.3. The van der Waals surface area contributed by atoms with Crippen molar-refractivity contribution in [2.24, 2.45) is 5.92 Å². The normalized spacial score (nSPS) is 21.6. The molecule has 0 amide bonds. The molecule has 1 aliphatic rings. The van der Waals surface area contributed by atoms with Crippen LogP contribution in [0.1, 0.15) is 31.7 Å². The van der Waals surface area contributed by atoms with Crippen molar-refractivity contribution in [2.75, 3.05) is 6.61 Å². The fourth-order valence-corrected chi connectivity index (χ4v) is 2.55. The molecule has 0 saturated heterocycles. The Morgan fingerprint density at radius 1 is 1.38 bits per heavy atom. The van der Waals surface area contributed by atoms with E-state index in [1.165, 1.54) is 11.6 Å². The molecule has 0 spiro atoms. The number of allylic oxidation sites excluding steroid dienone is 3. The van der Waals surface area contributed by atoms with Crippen LogP contribution in [0.2, 0.25) is 10.0 Å². The van der Waals surface area contributed by atoms with E-state index in [0.29, 0.717) is 28.5 Å². The molecule has 0 aromatic heterocycles. The lowest BCUT2D eigenvalue weighted by atomic mass is 10.1. The van der Waals surface area contributed by atoms with Crippen LogP contribution in [-0.2, 0) is 9.53 Å². The van der Waals surface area contributed by atoms with E-state index in [-0.39, 0.29) is 5.97 Å². The Kier molecular flexibility index (Phi) is 5.49. The van der Waals surface area contributed by atoms with Crippen molar-refractivity contribution in [3.05, 3.63) is 57.6 Å². The number of rotatable bonds is 5. The molecule has 1 aliphatic carbocycles. The molecule has 0 radical (unpaired) electrons. The standard InChI is InChI=1S/C17H18Cl2O2/c1-3-21-17(20)8-11(2)4-5-12-9-14(12)13-6-7-15(18)16(19)10-13/h4-8,10,12,14H,3,9H2,1-2H3. The number of ether oxygens (including phenoxy) is 1. The van der Waals surface area contributed by atoms with Crippen LogP contribution in [0.5, 0.6) is 0 Å². The minimum absolute atomic E-state index is 0.295. The van der Waals surface area contributed by atoms with Gasteiger partial charge >= 0.3 is 5.97 Å². The van der Waals surface area contributed by atoms with Crippen LogP contribution in [0, 0.1) is 5.92 Å². The highest BCUT2D eigenvalue weighted by Crippen LogP contribution is 2.49. The zero-order chi connectivity index (χ0) is 15.4. The maximum absolute atomic E-state index is 11.3. The monoisotopic (exact) mass is 324 g/mol. The van der Waals surface area contributed by atoms with E-state index < -0.39 is 0 Å². The number of benzene rings is 1. The van der Waals surface area contributed by atoms with Crippen molar-refractivity contribution >= 4 is 29.2 Å². The van der Waals surface area contributed by atoms with Crippen LogP contribution in [0.15, 0.2) is 42.0 Å². The average Bonchev–Trinajstić information content (AvgIpc) is 3.19. The van der Waals surface area contributed by atoms with E-state index >= 15 is 0 Å². The predicted molar refractivity (Wildman–Crippen MR) is 86.8 cm³/mol. The molecule has 2 rings (SSSR count). The van der Waals surface area contributed by atoms with Crippen molar-refractivity contribution < 1.29 is 9.53 Å². The van der Waals surface area contributed by atoms with E-state index in [0.717, 1.165) is 12.0 Å². The second-order valence-electron chi connectivity index (χ2n) is 5.18. The summed E-state index contributed by atoms with van der Waals surface area (Å²) in [5.74, 6) is 0.690. The number of hydrogen-bond donors (Lipinski definition) is 0. The van der Waals surface area contributed by atoms with Gasteiger partial charge in [-0.1, -0.05) is 41.4 Å². The molecule has 1 aromatic carbocycles. The van der Waals surface area contributed by atoms with Crippen molar-refractivity contribution in [1.29, 1.82) is 0 Å². The number of esters is 1. The van der Waals surface area contributed by atoms with Crippen LogP contribution in [0.4, 0.5) is 0 Å². The fraction of sp³-hybridized carbons (Fsp3) is 0.353. The zero-order valence-electron chi connectivity index (χ0n) is 12.1. The summed E-state index contributed by atoms with van der Waals surface area (Å²) in [7, 11) is 0. The van der Waals surface area contributed by atoms with E-state index in [9.17, 15) is 4.79 Å². The van der Waals surface area contributed by atoms with E-state index in [2.05, 4.69) is 6.08 Å². The SMILES string of the molecule is CCOC(=O)C=C(C)C=CC1CC1c1ccc(Cl)c(Cl)c1. The Morgan fingerprint density at radius 2 is 2.14 bits per heavy atom. The Labute approximate surface area is 135 Å². The number of carbonyl (C=O) groups is 1. The van der Waals surface area contributed by atoms with Gasteiger partial charge in [-0.15, -0.1) is 0 Å². The molecular formula is C17H18Cl2O2. The van der Waals surface area contributed by atoms with Gasteiger partial charge < -0.3 is 4.74 Å². The number of carbonyl (C=O) groups excluding carboxylic acids is 1. The largest absolute Gasteiger partial charge is 0.463 e. The van der Waals surface area contributed by atoms with E-state index in [4.69, 9.17) is 27.9 Å². The summed E-state index contributed by atoms with van der Waals surface area (Å²) in [6, 6.07) is 5.79. The first-order valence-electron chi connectivity index (χ1n) is 6.99. The summed E-state index contributed by atoms with van der Waals surface area (Å²) in [5, 5.41) is 1.18. The van der Waals surface area contributed by atoms with Crippen LogP contribution >= 0.6 is 23.2 Å². The van der Waals surface area contributed by atoms with Gasteiger partial charge in [-0.3, -0.25) is 0 Å². The summed E-state index contributed by atoms with van der Waals surface area (Å²) in [6.45, 7) is 4.08. The van der Waals surface area contributed by atoms with Gasteiger partial charge in [-0.05, 0) is 55.4 Å². The molecule has 21 heavy (non-hydrogen) atoms. The molecule has 1 aromatic rings. The minimum Gasteiger partial charge on any atom is -0.463 e. The maximum atomic E-state index is 11.3. The first-order valence-corrected chi connectivity index (χ1v) is 7.75. The molecule has 1 fully saturated rings. The molecule has 4 heteroatoms. The second-order valence-corrected chi connectivity index (χ2v) is 5.99. The Hall–Kier alpha value is -1.25. The third kappa shape index (κ3) is 4.62. The average molecular weight is 325 g/mol. The fourth-order valence-electron chi connectivity index (χ4n) is 2.25. The van der Waals surface area contributed by atoms with Crippen LogP contribution < -0.4 is 0 Å². The molecular weight excluding hydrogens is 307 g/mol. The lowest BCUT2D eigenvalue weighted by molar-refractivity contribution is -0.137. The third-order valence-corrected chi connectivity index (χ3v) is 4.19. The highest BCUT2D eigenvalue weighted by Gasteiger charge is 2.36. The molecule has 112 valence electrons. The van der Waals surface area contributed by atoms with Crippen molar-refractivity contribution in [2.45, 2.75) is 26.2 Å². The molecule has 0 N–H and O–H groups in total. The summed E-state index contributed by atoms with van der Waals surface area (Å²) in [6.07, 6.45) is 6.72. The van der Waals surface area contributed by atoms with Crippen LogP contribution in [0.3, 0.4) is 0 Å². The molecule has 0 bridgehead atoms. The highest BCUT2D eigenvalue weighted by atomic mass is 35.5. The van der Waals surface area contributed by atoms with Crippen molar-refractivity contribution in [3.8, 4) is 0 Å². The van der Waals surface area contributed by atoms with Gasteiger partial charge in [0.1, 0.15) is 0 Å². The summed E-state index contributed by atoms with van der Waals surface area (Å²) >= 11 is 12.0. The number of hydrogen-bond acceptors (Lipinski definition) is 2. The lowest BCUT2D eigenvalue weighted by Crippen LogP contribution is -1.99. The topological polar surface area (TPSA) is 26.3 Å². The molecule has 0 aliphatic heterocycles. The summed E-state index contributed by atoms with van der Waals surface area (Å²) < 4.78 is 4.87. The van der Waals surface area contributed by atoms with Gasteiger partial charge in [0.2, 0.25) is 0 Å². The number of halogens is 2. The first kappa shape index (κ1) is 16.1. The minimum atomic E-state index is -0.295. The van der Waals surface area contributed by atoms with Gasteiger partial charge in [0.05, 0.1) is 16.7 Å². The lowest BCUT2D eigenvalue weighted by Gasteiger charge is -2.01. The predicted octanol–water partition coefficient (Wildman–Crippen LogP) is 5.16. The van der Waals surface area contributed by atoms with Gasteiger partial charge in [-0.2, -0.15) is 0 Å². The van der Waals surface area contributed by atoms with Gasteiger partial charge in [-0.25, -0.2) is 4.79 Å². The zero-order valence-corrected chi connectivity index (χ0v) is 13.6. The molecule has 2 unspecified atom stereocenters. The maximum Gasteiger partial charge on any atom is 0.330 e. The van der Waals surface area contributed by atoms with Gasteiger partial charge in [0.25, 0.3) is 0 Å². The van der Waals surface area contributed by atoms with Crippen molar-refractivity contribution in [3.63, 3.8) is 0 Å². The van der Waals surface area contributed by atoms with Crippen LogP contribution in [0.25, 0.3) is 0 Å². The molecule has 2 nitrogen and oxygen atoms in total. The quantitative estimate of drug-likeness (QED) is 0.424. The molecule has 0 heterocycles. The second kappa shape index (κ2) is 7.15. The smallest absolute Gasteiger partial charge is 0.330 e. The molecule has 2 atom stereocenters. The van der Waals surface area contributed by atoms with E-state index in [1.807, 2.05) is 31.2 Å². The Bertz CT molecular complexity index is 590. The first-order chi connectivity index (χ1) is 10.0. The highest BCUT2D eigenvalue weighted by molar-refractivity contribution is 6.42. The molecule has 1 saturated carbocycles. The summed E-state index contributed by atoms with van der Waals surface area (Å²) in [5.41, 5.74) is 2.11. The van der Waals surface area contributed by atoms with Crippen LogP contribution in [-0.4, -0.2) is 12.6 Å².